The fourth-order valence-corrected chi connectivity index (χ4v) is 3.69. The highest BCUT2D eigenvalue weighted by Crippen LogP contribution is 2.33. The summed E-state index contributed by atoms with van der Waals surface area (Å²) >= 11 is 0. The number of piperidine rings is 1. The molecule has 2 N–H and O–H groups in total. The van der Waals surface area contributed by atoms with E-state index in [1.165, 1.54) is 18.2 Å². The fraction of sp³-hybridized carbons (Fsp3) is 0.611. The SMILES string of the molecule is NC1(C(=O)N2CCCC(CCc3c(F)cccc3F)C2)CCC1. The fourth-order valence-electron chi connectivity index (χ4n) is 3.69. The van der Waals surface area contributed by atoms with Crippen LogP contribution in [0.1, 0.15) is 44.1 Å². The monoisotopic (exact) mass is 322 g/mol. The molecular formula is C18H24F2N2O. The van der Waals surface area contributed by atoms with E-state index in [4.69, 9.17) is 5.73 Å². The van der Waals surface area contributed by atoms with E-state index in [1.807, 2.05) is 4.90 Å². The highest BCUT2D eigenvalue weighted by atomic mass is 19.1. The van der Waals surface area contributed by atoms with Crippen LogP contribution >= 0.6 is 0 Å². The summed E-state index contributed by atoms with van der Waals surface area (Å²) in [6.07, 6.45) is 5.56. The predicted molar refractivity (Wildman–Crippen MR) is 84.8 cm³/mol. The van der Waals surface area contributed by atoms with Crippen LogP contribution in [-0.2, 0) is 11.2 Å². The van der Waals surface area contributed by atoms with Gasteiger partial charge >= 0.3 is 0 Å². The second kappa shape index (κ2) is 6.56. The number of likely N-dealkylation sites (tertiary alicyclic amines) is 1. The van der Waals surface area contributed by atoms with Gasteiger partial charge in [-0.2, -0.15) is 0 Å². The average molecular weight is 322 g/mol. The summed E-state index contributed by atoms with van der Waals surface area (Å²) in [6.45, 7) is 1.41. The Labute approximate surface area is 135 Å². The Bertz CT molecular complexity index is 566. The Hall–Kier alpha value is -1.49. The normalized spacial score (nSPS) is 23.4. The lowest BCUT2D eigenvalue weighted by atomic mass is 9.76. The van der Waals surface area contributed by atoms with Gasteiger partial charge < -0.3 is 10.6 Å². The van der Waals surface area contributed by atoms with Crippen LogP contribution in [0.15, 0.2) is 18.2 Å². The summed E-state index contributed by atoms with van der Waals surface area (Å²) in [7, 11) is 0. The lowest BCUT2D eigenvalue weighted by Crippen LogP contribution is -2.60. The molecule has 5 heteroatoms. The molecule has 0 bridgehead atoms. The maximum absolute atomic E-state index is 13.7. The largest absolute Gasteiger partial charge is 0.341 e. The minimum Gasteiger partial charge on any atom is -0.341 e. The first-order chi connectivity index (χ1) is 11.0. The van der Waals surface area contributed by atoms with Gasteiger partial charge in [-0.1, -0.05) is 6.07 Å². The van der Waals surface area contributed by atoms with Crippen LogP contribution in [0.25, 0.3) is 0 Å². The van der Waals surface area contributed by atoms with Crippen LogP contribution in [0.3, 0.4) is 0 Å². The molecule has 1 amide bonds. The summed E-state index contributed by atoms with van der Waals surface area (Å²) in [6, 6.07) is 3.97. The third-order valence-electron chi connectivity index (χ3n) is 5.34. The Morgan fingerprint density at radius 3 is 2.57 bits per heavy atom. The molecule has 1 aliphatic heterocycles. The van der Waals surface area contributed by atoms with Gasteiger partial charge in [0.25, 0.3) is 0 Å². The molecule has 1 atom stereocenters. The number of carbonyl (C=O) groups is 1. The second-order valence-electron chi connectivity index (χ2n) is 7.01. The maximum Gasteiger partial charge on any atom is 0.242 e. The van der Waals surface area contributed by atoms with Crippen molar-refractivity contribution in [2.75, 3.05) is 13.1 Å². The molecule has 1 saturated carbocycles. The molecule has 1 aromatic rings. The van der Waals surface area contributed by atoms with Gasteiger partial charge in [-0.05, 0) is 63.0 Å². The molecule has 1 aliphatic carbocycles. The molecule has 3 rings (SSSR count). The molecule has 2 fully saturated rings. The Balaban J connectivity index is 1.58. The zero-order valence-corrected chi connectivity index (χ0v) is 13.4. The smallest absolute Gasteiger partial charge is 0.242 e. The van der Waals surface area contributed by atoms with E-state index in [9.17, 15) is 13.6 Å². The number of benzene rings is 1. The van der Waals surface area contributed by atoms with Gasteiger partial charge in [-0.3, -0.25) is 4.79 Å². The molecule has 3 nitrogen and oxygen atoms in total. The minimum absolute atomic E-state index is 0.0607. The molecule has 0 spiro atoms. The zero-order valence-electron chi connectivity index (χ0n) is 13.4. The van der Waals surface area contributed by atoms with E-state index in [-0.39, 0.29) is 17.4 Å². The van der Waals surface area contributed by atoms with Gasteiger partial charge in [0.05, 0.1) is 5.54 Å². The first-order valence-electron chi connectivity index (χ1n) is 8.51. The van der Waals surface area contributed by atoms with Crippen molar-refractivity contribution in [2.45, 2.75) is 50.5 Å². The molecule has 0 aromatic heterocycles. The Kier molecular flexibility index (Phi) is 4.67. The van der Waals surface area contributed by atoms with Gasteiger partial charge in [0.15, 0.2) is 0 Å². The van der Waals surface area contributed by atoms with Crippen molar-refractivity contribution in [2.24, 2.45) is 11.7 Å². The summed E-state index contributed by atoms with van der Waals surface area (Å²) in [5.74, 6) is -0.617. The zero-order chi connectivity index (χ0) is 16.4. The van der Waals surface area contributed by atoms with Crippen molar-refractivity contribution < 1.29 is 13.6 Å². The average Bonchev–Trinajstić information content (AvgIpc) is 2.52. The highest BCUT2D eigenvalue weighted by Gasteiger charge is 2.43. The van der Waals surface area contributed by atoms with Crippen molar-refractivity contribution in [3.63, 3.8) is 0 Å². The number of hydrogen-bond acceptors (Lipinski definition) is 2. The second-order valence-corrected chi connectivity index (χ2v) is 7.01. The summed E-state index contributed by atoms with van der Waals surface area (Å²) < 4.78 is 27.4. The third-order valence-corrected chi connectivity index (χ3v) is 5.34. The van der Waals surface area contributed by atoms with E-state index in [0.29, 0.717) is 19.4 Å². The number of halogens is 2. The van der Waals surface area contributed by atoms with E-state index >= 15 is 0 Å². The number of carbonyl (C=O) groups excluding carboxylic acids is 1. The lowest BCUT2D eigenvalue weighted by molar-refractivity contribution is -0.142. The van der Waals surface area contributed by atoms with Gasteiger partial charge in [-0.15, -0.1) is 0 Å². The molecule has 1 unspecified atom stereocenters. The topological polar surface area (TPSA) is 46.3 Å². The molecule has 1 aromatic carbocycles. The van der Waals surface area contributed by atoms with Crippen LogP contribution < -0.4 is 5.73 Å². The molecule has 1 saturated heterocycles. The van der Waals surface area contributed by atoms with Crippen LogP contribution in [0.5, 0.6) is 0 Å². The first kappa shape index (κ1) is 16.4. The number of nitrogens with zero attached hydrogens (tertiary/aromatic N) is 1. The van der Waals surface area contributed by atoms with Gasteiger partial charge in [0.1, 0.15) is 11.6 Å². The van der Waals surface area contributed by atoms with E-state index < -0.39 is 17.2 Å². The number of nitrogens with two attached hydrogens (primary N) is 1. The highest BCUT2D eigenvalue weighted by molar-refractivity contribution is 5.87. The lowest BCUT2D eigenvalue weighted by Gasteiger charge is -2.43. The summed E-state index contributed by atoms with van der Waals surface area (Å²) in [5, 5.41) is 0. The molecular weight excluding hydrogens is 298 g/mol. The van der Waals surface area contributed by atoms with Crippen LogP contribution in [0.4, 0.5) is 8.78 Å². The summed E-state index contributed by atoms with van der Waals surface area (Å²) in [5.41, 5.74) is 5.64. The van der Waals surface area contributed by atoms with Gasteiger partial charge in [0.2, 0.25) is 5.91 Å². The Morgan fingerprint density at radius 1 is 1.26 bits per heavy atom. The maximum atomic E-state index is 13.7. The van der Waals surface area contributed by atoms with E-state index in [2.05, 4.69) is 0 Å². The van der Waals surface area contributed by atoms with Crippen molar-refractivity contribution in [1.29, 1.82) is 0 Å². The number of hydrogen-bond donors (Lipinski definition) is 1. The molecule has 126 valence electrons. The van der Waals surface area contributed by atoms with Crippen molar-refractivity contribution in [1.82, 2.24) is 4.90 Å². The standard InChI is InChI=1S/C18H24F2N2O/c19-15-5-1-6-16(20)14(15)8-7-13-4-2-11-22(12-13)17(23)18(21)9-3-10-18/h1,5-6,13H,2-4,7-12,21H2. The van der Waals surface area contributed by atoms with Crippen molar-refractivity contribution >= 4 is 5.91 Å². The number of amides is 1. The minimum atomic E-state index is -0.653. The first-order valence-corrected chi connectivity index (χ1v) is 8.51. The van der Waals surface area contributed by atoms with Crippen molar-refractivity contribution in [3.8, 4) is 0 Å². The van der Waals surface area contributed by atoms with Crippen LogP contribution in [0, 0.1) is 17.6 Å². The van der Waals surface area contributed by atoms with E-state index in [0.717, 1.165) is 38.6 Å². The molecule has 0 radical (unpaired) electrons. The molecule has 1 heterocycles. The molecule has 23 heavy (non-hydrogen) atoms. The van der Waals surface area contributed by atoms with Crippen LogP contribution in [-0.4, -0.2) is 29.4 Å². The van der Waals surface area contributed by atoms with Crippen molar-refractivity contribution in [3.05, 3.63) is 35.4 Å². The third kappa shape index (κ3) is 3.39. The number of rotatable bonds is 4. The Morgan fingerprint density at radius 2 is 1.96 bits per heavy atom. The summed E-state index contributed by atoms with van der Waals surface area (Å²) in [4.78, 5) is 14.4. The van der Waals surface area contributed by atoms with E-state index in [1.54, 1.807) is 0 Å². The van der Waals surface area contributed by atoms with Gasteiger partial charge in [-0.25, -0.2) is 8.78 Å². The van der Waals surface area contributed by atoms with Gasteiger partial charge in [0, 0.05) is 18.7 Å². The molecule has 2 aliphatic rings. The predicted octanol–water partition coefficient (Wildman–Crippen LogP) is 3.02. The quantitative estimate of drug-likeness (QED) is 0.926. The van der Waals surface area contributed by atoms with Crippen LogP contribution in [0.2, 0.25) is 0 Å².